The molecule has 8 rings (SSSR count). The van der Waals surface area contributed by atoms with E-state index in [9.17, 15) is 54.2 Å². The summed E-state index contributed by atoms with van der Waals surface area (Å²) in [7, 11) is -15.1. The molecule has 0 aromatic heterocycles. The number of phenolic OH excluding ortho intramolecular Hbond substituents is 3. The second-order valence-electron chi connectivity index (χ2n) is 15.1. The summed E-state index contributed by atoms with van der Waals surface area (Å²) in [6.07, 6.45) is 0. The molecule has 0 fully saturated rings. The molecule has 0 saturated carbocycles. The fourth-order valence-electron chi connectivity index (χ4n) is 7.15. The molecule has 0 atom stereocenters. The topological polar surface area (TPSA) is 465 Å². The maximum Gasteiger partial charge on any atom is 0.296 e. The summed E-state index contributed by atoms with van der Waals surface area (Å²) in [5.41, 5.74) is 3.29. The van der Waals surface area contributed by atoms with E-state index in [2.05, 4.69) is 69.0 Å². The lowest BCUT2D eigenvalue weighted by Gasteiger charge is -2.14. The Morgan fingerprint density at radius 1 is 0.410 bits per heavy atom. The molecule has 0 aliphatic carbocycles. The Balaban J connectivity index is 1.21. The fourth-order valence-corrected chi connectivity index (χ4v) is 10.5. The molecule has 404 valence electrons. The summed E-state index contributed by atoms with van der Waals surface area (Å²) in [4.78, 5) is -2.48. The van der Waals surface area contributed by atoms with Gasteiger partial charge in [0.2, 0.25) is 0 Å². The first-order valence-corrected chi connectivity index (χ1v) is 27.1. The first-order valence-electron chi connectivity index (χ1n) is 20.6. The van der Waals surface area contributed by atoms with Crippen LogP contribution in [0.5, 0.6) is 17.2 Å². The van der Waals surface area contributed by atoms with E-state index in [0.717, 1.165) is 30.3 Å². The molecule has 0 spiro atoms. The smallest absolute Gasteiger partial charge is 0.296 e. The molecule has 30 nitrogen and oxygen atoms in total. The number of hydrogen-bond donors (Lipinski definition) is 10. The lowest BCUT2D eigenvalue weighted by atomic mass is 10.0. The van der Waals surface area contributed by atoms with Gasteiger partial charge in [-0.2, -0.15) is 35.5 Å². The zero-order valence-electron chi connectivity index (χ0n) is 37.9. The van der Waals surface area contributed by atoms with Gasteiger partial charge in [0, 0.05) is 10.8 Å². The van der Waals surface area contributed by atoms with Crippen LogP contribution < -0.4 is 5.73 Å². The molecule has 11 N–H and O–H groups in total. The number of nitrogens with two attached hydrogens (primary N) is 1. The first kappa shape index (κ1) is 56.8. The van der Waals surface area contributed by atoms with Crippen molar-refractivity contribution in [3.63, 3.8) is 0 Å². The first-order chi connectivity index (χ1) is 37.1. The highest BCUT2D eigenvalue weighted by molar-refractivity contribution is 7.95. The van der Waals surface area contributed by atoms with Crippen LogP contribution in [0.25, 0.3) is 32.3 Å². The van der Waals surface area contributed by atoms with Gasteiger partial charge in [0.25, 0.3) is 30.4 Å². The maximum atomic E-state index is 12.9. The molecule has 8 aromatic carbocycles. The predicted octanol–water partition coefficient (Wildman–Crippen LogP) is 12.5. The summed E-state index contributed by atoms with van der Waals surface area (Å²) in [5.74, 6) is -2.46. The molecule has 0 radical (unpaired) electrons. The summed E-state index contributed by atoms with van der Waals surface area (Å²) in [5, 5.41) is 104. The zero-order chi connectivity index (χ0) is 56.1. The van der Waals surface area contributed by atoms with Gasteiger partial charge in [-0.25, -0.2) is 15.8 Å². The Kier molecular flexibility index (Phi) is 17.2. The number of azo groups is 4. The Labute approximate surface area is 448 Å². The average Bonchev–Trinajstić information content (AvgIpc) is 3.52. The van der Waals surface area contributed by atoms with Crippen LogP contribution >= 0.6 is 36.1 Å². The quantitative estimate of drug-likeness (QED) is 0.00846. The fraction of sp³-hybridized carbons (Fsp3) is 0. The number of benzene rings is 8. The van der Waals surface area contributed by atoms with Crippen LogP contribution in [0.3, 0.4) is 0 Å². The number of anilines is 1. The van der Waals surface area contributed by atoms with E-state index < -0.39 is 79.4 Å². The minimum atomic E-state index is -5.28. The van der Waals surface area contributed by atoms with Gasteiger partial charge in [-0.05, 0) is 89.0 Å². The average molecular weight is 1190 g/mol. The van der Waals surface area contributed by atoms with Crippen molar-refractivity contribution in [3.05, 3.63) is 109 Å². The number of nitrogens with zero attached hydrogens (tertiary/aromatic N) is 8. The van der Waals surface area contributed by atoms with Crippen molar-refractivity contribution in [3.8, 4) is 17.2 Å². The van der Waals surface area contributed by atoms with E-state index >= 15 is 0 Å². The lowest BCUT2D eigenvalue weighted by molar-refractivity contribution is -0.432. The number of rotatable bonds is 20. The Morgan fingerprint density at radius 3 is 1.41 bits per heavy atom. The van der Waals surface area contributed by atoms with Gasteiger partial charge in [0.15, 0.2) is 17.2 Å². The van der Waals surface area contributed by atoms with Gasteiger partial charge in [-0.3, -0.25) is 13.7 Å². The summed E-state index contributed by atoms with van der Waals surface area (Å²) >= 11 is 1.14. The van der Waals surface area contributed by atoms with E-state index in [1.54, 1.807) is 6.07 Å². The second-order valence-corrected chi connectivity index (χ2v) is 21.5. The van der Waals surface area contributed by atoms with Gasteiger partial charge < -0.3 is 21.1 Å². The van der Waals surface area contributed by atoms with E-state index in [1.807, 2.05) is 0 Å². The number of aromatic hydroxyl groups is 3. The maximum absolute atomic E-state index is 12.9. The molecule has 36 heteroatoms. The van der Waals surface area contributed by atoms with Crippen molar-refractivity contribution in [1.82, 2.24) is 0 Å². The molecule has 0 saturated heterocycles. The third-order valence-corrected chi connectivity index (χ3v) is 15.0. The van der Waals surface area contributed by atoms with Crippen molar-refractivity contribution in [2.45, 2.75) is 29.4 Å². The number of nitrogen functional groups attached to an aromatic ring is 1. The van der Waals surface area contributed by atoms with E-state index in [4.69, 9.17) is 21.5 Å². The van der Waals surface area contributed by atoms with Crippen LogP contribution in [-0.2, 0) is 58.5 Å². The van der Waals surface area contributed by atoms with Gasteiger partial charge in [0.05, 0.1) is 73.3 Å². The van der Waals surface area contributed by atoms with E-state index in [-0.39, 0.29) is 87.8 Å². The number of hydrogen-bond acceptors (Lipinski definition) is 30. The monoisotopic (exact) mass is 1190 g/mol. The molecule has 0 bridgehead atoms. The van der Waals surface area contributed by atoms with Crippen LogP contribution in [0.1, 0.15) is 0 Å². The van der Waals surface area contributed by atoms with E-state index in [1.165, 1.54) is 72.8 Å². The Hall–Kier alpha value is -7.44. The molecule has 0 aliphatic heterocycles. The third kappa shape index (κ3) is 12.4. The van der Waals surface area contributed by atoms with Crippen LogP contribution in [-0.4, -0.2) is 70.0 Å². The molecule has 0 unspecified atom stereocenters. The second kappa shape index (κ2) is 23.7. The molecule has 8 aromatic rings. The predicted molar refractivity (Wildman–Crippen MR) is 272 cm³/mol. The molecular formula is C42H29N9O21S6. The van der Waals surface area contributed by atoms with Gasteiger partial charge in [-0.15, -0.1) is 43.7 Å². The summed E-state index contributed by atoms with van der Waals surface area (Å²) in [6.45, 7) is 0. The molecular weight excluding hydrogens is 1160 g/mol. The highest BCUT2D eigenvalue weighted by Crippen LogP contribution is 2.51. The van der Waals surface area contributed by atoms with Gasteiger partial charge >= 0.3 is 0 Å². The van der Waals surface area contributed by atoms with Crippen molar-refractivity contribution in [2.24, 2.45) is 40.9 Å². The Bertz CT molecular complexity index is 4180. The van der Waals surface area contributed by atoms with Crippen LogP contribution in [0.4, 0.5) is 51.2 Å². The Morgan fingerprint density at radius 2 is 0.833 bits per heavy atom. The molecule has 0 amide bonds. The third-order valence-electron chi connectivity index (χ3n) is 10.5. The van der Waals surface area contributed by atoms with Crippen LogP contribution in [0.2, 0.25) is 0 Å². The number of fused-ring (bicyclic) bond motifs is 3. The van der Waals surface area contributed by atoms with Crippen LogP contribution in [0.15, 0.2) is 179 Å². The molecule has 0 aliphatic rings. The molecule has 0 heterocycles. The largest absolute Gasteiger partial charge is 0.505 e. The minimum Gasteiger partial charge on any atom is -0.505 e. The van der Waals surface area contributed by atoms with Gasteiger partial charge in [-0.1, -0.05) is 51.5 Å². The van der Waals surface area contributed by atoms with Crippen molar-refractivity contribution in [1.29, 1.82) is 0 Å². The van der Waals surface area contributed by atoms with E-state index in [0.29, 0.717) is 29.5 Å². The zero-order valence-corrected chi connectivity index (χ0v) is 42.8. The molecule has 78 heavy (non-hydrogen) atoms. The lowest BCUT2D eigenvalue weighted by Crippen LogP contribution is -2.00. The highest BCUT2D eigenvalue weighted by atomic mass is 32.2. The number of phenols is 3. The van der Waals surface area contributed by atoms with Crippen molar-refractivity contribution in [2.75, 3.05) is 5.73 Å². The van der Waals surface area contributed by atoms with Gasteiger partial charge in [0.1, 0.15) is 48.8 Å². The SMILES string of the molecule is Nc1c(N=Nc2ccc3cc(SOOO)c(N=Nc4ccccc4S(=O)(=O)O)c(O)c3c2)c(SOOO)cc2cc(S(=O)(=O)O)c(N=Nc3ccc4cc(S(=O)(=O)O)c(N=Nc5ccccc5SOOO)c(O)c4c3)c(O)c12. The summed E-state index contributed by atoms with van der Waals surface area (Å²) < 4.78 is 118. The minimum absolute atomic E-state index is 0.00354. The standard InChI is InChI=1S/C42H29N9O21S6/c43-35-34-21(14-29(74-71-68-56)36(35)48-44-22-11-9-19-13-30(75-72-69-57)37(40(52)24(19)17-22)49-47-27-6-2-4-8-31(27)76(58,59)60)16-33(78(64,65)66)39(42(34)54)50-45-23-12-10-20-15-32(77(61,62)63)38(41(53)25(20)18-23)51-46-26-5-1-3-7-28(26)73-70-67-55/h1-18,52-57H,43H2,(H,58,59,60)(H,61,62,63)(H,64,65,66). The normalized spacial score (nSPS) is 12.7. The van der Waals surface area contributed by atoms with Crippen molar-refractivity contribution < 1.29 is 98.1 Å². The van der Waals surface area contributed by atoms with Crippen molar-refractivity contribution >= 4 is 150 Å². The van der Waals surface area contributed by atoms with Crippen LogP contribution in [0, 0.1) is 0 Å². The highest BCUT2D eigenvalue weighted by Gasteiger charge is 2.27. The summed E-state index contributed by atoms with van der Waals surface area (Å²) in [6, 6.07) is 23.0.